The van der Waals surface area contributed by atoms with E-state index >= 15 is 0 Å². The van der Waals surface area contributed by atoms with Gasteiger partial charge in [-0.15, -0.1) is 0 Å². The molecule has 0 atom stereocenters. The summed E-state index contributed by atoms with van der Waals surface area (Å²) in [6, 6.07) is 1.44. The third-order valence-corrected chi connectivity index (χ3v) is 2.18. The Morgan fingerprint density at radius 1 is 1.41 bits per heavy atom. The SMILES string of the molecule is NC(=O)CCCCNC(=O)c1ccncc1O. The highest BCUT2D eigenvalue weighted by Gasteiger charge is 2.09. The maximum Gasteiger partial charge on any atom is 0.255 e. The van der Waals surface area contributed by atoms with Crippen LogP contribution in [0.4, 0.5) is 0 Å². The molecule has 0 spiro atoms. The lowest BCUT2D eigenvalue weighted by atomic mass is 10.2. The zero-order valence-electron chi connectivity index (χ0n) is 9.35. The number of rotatable bonds is 6. The van der Waals surface area contributed by atoms with Gasteiger partial charge in [0.15, 0.2) is 0 Å². The minimum absolute atomic E-state index is 0.151. The molecular weight excluding hydrogens is 222 g/mol. The minimum atomic E-state index is -0.357. The lowest BCUT2D eigenvalue weighted by Gasteiger charge is -2.05. The van der Waals surface area contributed by atoms with Crippen LogP contribution in [-0.4, -0.2) is 28.4 Å². The standard InChI is InChI=1S/C11H15N3O3/c12-10(16)3-1-2-5-14-11(17)8-4-6-13-7-9(8)15/h4,6-7,15H,1-3,5H2,(H2,12,16)(H,14,17). The third kappa shape index (κ3) is 4.50. The predicted octanol–water partition coefficient (Wildman–Crippen LogP) is 0.173. The highest BCUT2D eigenvalue weighted by Crippen LogP contribution is 2.13. The van der Waals surface area contributed by atoms with E-state index in [1.807, 2.05) is 0 Å². The average Bonchev–Trinajstić information content (AvgIpc) is 2.28. The molecule has 17 heavy (non-hydrogen) atoms. The number of pyridine rings is 1. The van der Waals surface area contributed by atoms with Crippen LogP contribution >= 0.6 is 0 Å². The molecule has 1 aromatic rings. The summed E-state index contributed by atoms with van der Waals surface area (Å²) in [6.07, 6.45) is 4.26. The molecule has 92 valence electrons. The Kier molecular flexibility index (Phi) is 4.93. The van der Waals surface area contributed by atoms with Gasteiger partial charge in [-0.05, 0) is 18.9 Å². The largest absolute Gasteiger partial charge is 0.505 e. The van der Waals surface area contributed by atoms with E-state index in [0.717, 1.165) is 0 Å². The molecular formula is C11H15N3O3. The van der Waals surface area contributed by atoms with Crippen LogP contribution in [-0.2, 0) is 4.79 Å². The summed E-state index contributed by atoms with van der Waals surface area (Å²) in [5, 5.41) is 12.0. The molecule has 0 aliphatic carbocycles. The second kappa shape index (κ2) is 6.47. The van der Waals surface area contributed by atoms with Crippen molar-refractivity contribution in [3.05, 3.63) is 24.0 Å². The van der Waals surface area contributed by atoms with Gasteiger partial charge in [0.05, 0.1) is 11.8 Å². The van der Waals surface area contributed by atoms with Crippen molar-refractivity contribution in [3.8, 4) is 5.75 Å². The molecule has 0 aliphatic rings. The maximum atomic E-state index is 11.6. The number of carbonyl (C=O) groups is 2. The van der Waals surface area contributed by atoms with Crippen LogP contribution in [0.3, 0.4) is 0 Å². The molecule has 0 fully saturated rings. The molecule has 0 aliphatic heterocycles. The topological polar surface area (TPSA) is 105 Å². The van der Waals surface area contributed by atoms with Crippen LogP contribution in [0.15, 0.2) is 18.5 Å². The fourth-order valence-corrected chi connectivity index (χ4v) is 1.30. The molecule has 0 saturated carbocycles. The number of hydrogen-bond donors (Lipinski definition) is 3. The number of aromatic nitrogens is 1. The van der Waals surface area contributed by atoms with E-state index in [9.17, 15) is 14.7 Å². The first-order valence-corrected chi connectivity index (χ1v) is 5.30. The average molecular weight is 237 g/mol. The summed E-state index contributed by atoms with van der Waals surface area (Å²) in [6.45, 7) is 0.438. The molecule has 0 bridgehead atoms. The molecule has 1 rings (SSSR count). The number of nitrogens with one attached hydrogen (secondary N) is 1. The van der Waals surface area contributed by atoms with Crippen LogP contribution in [0.5, 0.6) is 5.75 Å². The van der Waals surface area contributed by atoms with Gasteiger partial charge in [-0.2, -0.15) is 0 Å². The number of hydrogen-bond acceptors (Lipinski definition) is 4. The number of unbranched alkanes of at least 4 members (excludes halogenated alkanes) is 1. The van der Waals surface area contributed by atoms with Gasteiger partial charge in [0.25, 0.3) is 5.91 Å². The molecule has 1 aromatic heterocycles. The molecule has 4 N–H and O–H groups in total. The van der Waals surface area contributed by atoms with Crippen molar-refractivity contribution < 1.29 is 14.7 Å². The fraction of sp³-hybridized carbons (Fsp3) is 0.364. The Bertz CT molecular complexity index is 407. The van der Waals surface area contributed by atoms with Gasteiger partial charge >= 0.3 is 0 Å². The van der Waals surface area contributed by atoms with E-state index in [4.69, 9.17) is 5.73 Å². The van der Waals surface area contributed by atoms with E-state index in [0.29, 0.717) is 25.8 Å². The highest BCUT2D eigenvalue weighted by molar-refractivity contribution is 5.96. The molecule has 0 saturated heterocycles. The lowest BCUT2D eigenvalue weighted by molar-refractivity contribution is -0.118. The number of aromatic hydroxyl groups is 1. The summed E-state index contributed by atoms with van der Waals surface area (Å²) in [4.78, 5) is 25.7. The summed E-state index contributed by atoms with van der Waals surface area (Å²) in [7, 11) is 0. The Balaban J connectivity index is 2.31. The summed E-state index contributed by atoms with van der Waals surface area (Å²) >= 11 is 0. The van der Waals surface area contributed by atoms with E-state index in [1.165, 1.54) is 18.5 Å². The Morgan fingerprint density at radius 2 is 2.18 bits per heavy atom. The van der Waals surface area contributed by atoms with Crippen LogP contribution in [0.25, 0.3) is 0 Å². The number of nitrogens with two attached hydrogens (primary N) is 1. The fourth-order valence-electron chi connectivity index (χ4n) is 1.30. The van der Waals surface area contributed by atoms with Gasteiger partial charge in [0.1, 0.15) is 5.75 Å². The molecule has 1 heterocycles. The zero-order valence-corrected chi connectivity index (χ0v) is 9.35. The molecule has 6 nitrogen and oxygen atoms in total. The van der Waals surface area contributed by atoms with Crippen molar-refractivity contribution in [2.45, 2.75) is 19.3 Å². The molecule has 0 aromatic carbocycles. The Morgan fingerprint density at radius 3 is 2.82 bits per heavy atom. The van der Waals surface area contributed by atoms with Gasteiger partial charge < -0.3 is 16.2 Å². The normalized spacial score (nSPS) is 9.88. The summed E-state index contributed by atoms with van der Waals surface area (Å²) < 4.78 is 0. The number of nitrogens with zero attached hydrogens (tertiary/aromatic N) is 1. The summed E-state index contributed by atoms with van der Waals surface area (Å²) in [5.41, 5.74) is 5.17. The highest BCUT2D eigenvalue weighted by atomic mass is 16.3. The van der Waals surface area contributed by atoms with Gasteiger partial charge in [-0.25, -0.2) is 0 Å². The van der Waals surface area contributed by atoms with Gasteiger partial charge in [-0.3, -0.25) is 14.6 Å². The van der Waals surface area contributed by atoms with Crippen LogP contribution in [0, 0.1) is 0 Å². The van der Waals surface area contributed by atoms with E-state index < -0.39 is 0 Å². The van der Waals surface area contributed by atoms with Gasteiger partial charge in [0, 0.05) is 19.2 Å². The minimum Gasteiger partial charge on any atom is -0.505 e. The first-order valence-electron chi connectivity index (χ1n) is 5.30. The molecule has 2 amide bonds. The predicted molar refractivity (Wildman–Crippen MR) is 61.3 cm³/mol. The molecule has 0 radical (unpaired) electrons. The van der Waals surface area contributed by atoms with Crippen molar-refractivity contribution in [1.29, 1.82) is 0 Å². The van der Waals surface area contributed by atoms with Crippen molar-refractivity contribution in [2.24, 2.45) is 5.73 Å². The quantitative estimate of drug-likeness (QED) is 0.613. The monoisotopic (exact) mass is 237 g/mol. The maximum absolute atomic E-state index is 11.6. The smallest absolute Gasteiger partial charge is 0.255 e. The van der Waals surface area contributed by atoms with Crippen LogP contribution in [0.2, 0.25) is 0 Å². The zero-order chi connectivity index (χ0) is 12.7. The Labute approximate surface area is 98.8 Å². The van der Waals surface area contributed by atoms with Crippen molar-refractivity contribution in [1.82, 2.24) is 10.3 Å². The summed E-state index contributed by atoms with van der Waals surface area (Å²) in [5.74, 6) is -0.853. The van der Waals surface area contributed by atoms with E-state index in [2.05, 4.69) is 10.3 Å². The molecule has 0 unspecified atom stereocenters. The second-order valence-electron chi connectivity index (χ2n) is 3.57. The number of primary amides is 1. The third-order valence-electron chi connectivity index (χ3n) is 2.18. The van der Waals surface area contributed by atoms with Crippen LogP contribution in [0.1, 0.15) is 29.6 Å². The van der Waals surface area contributed by atoms with Crippen molar-refractivity contribution in [2.75, 3.05) is 6.54 Å². The second-order valence-corrected chi connectivity index (χ2v) is 3.57. The van der Waals surface area contributed by atoms with E-state index in [-0.39, 0.29) is 23.1 Å². The van der Waals surface area contributed by atoms with Gasteiger partial charge in [0.2, 0.25) is 5.91 Å². The lowest BCUT2D eigenvalue weighted by Crippen LogP contribution is -2.24. The first-order chi connectivity index (χ1) is 8.11. The van der Waals surface area contributed by atoms with E-state index in [1.54, 1.807) is 0 Å². The molecule has 6 heteroatoms. The van der Waals surface area contributed by atoms with Crippen molar-refractivity contribution >= 4 is 11.8 Å². The number of amides is 2. The van der Waals surface area contributed by atoms with Crippen molar-refractivity contribution in [3.63, 3.8) is 0 Å². The number of carbonyl (C=O) groups excluding carboxylic acids is 2. The van der Waals surface area contributed by atoms with Crippen LogP contribution < -0.4 is 11.1 Å². The first kappa shape index (κ1) is 13.0. The van der Waals surface area contributed by atoms with Gasteiger partial charge in [-0.1, -0.05) is 0 Å². The Hall–Kier alpha value is -2.11.